The van der Waals surface area contributed by atoms with E-state index in [-0.39, 0.29) is 10.6 Å². The number of hydrogen-bond acceptors (Lipinski definition) is 4. The molecule has 1 heterocycles. The fourth-order valence-corrected chi connectivity index (χ4v) is 2.40. The molecule has 1 N–H and O–H groups in total. The molecule has 0 spiro atoms. The molecule has 0 fully saturated rings. The van der Waals surface area contributed by atoms with Crippen LogP contribution in [0.4, 0.5) is 17.1 Å². The van der Waals surface area contributed by atoms with Gasteiger partial charge in [0.2, 0.25) is 0 Å². The zero-order valence-corrected chi connectivity index (χ0v) is 12.4. The lowest BCUT2D eigenvalue weighted by Gasteiger charge is -2.10. The van der Waals surface area contributed by atoms with Crippen molar-refractivity contribution >= 4 is 43.8 Å². The lowest BCUT2D eigenvalue weighted by molar-refractivity contribution is -0.383. The molecule has 0 radical (unpaired) electrons. The first-order valence-electron chi connectivity index (χ1n) is 6.19. The summed E-state index contributed by atoms with van der Waals surface area (Å²) in [4.78, 5) is 14.8. The Kier molecular flexibility index (Phi) is 3.53. The highest BCUT2D eigenvalue weighted by Gasteiger charge is 2.14. The standard InChI is InChI=1S/C15H10BrN3O2/c16-10-1-3-11(4-2-10)18-14-5-6-15(19(20)21)12-7-8-17-9-13(12)14/h1-9,18H. The van der Waals surface area contributed by atoms with Crippen LogP contribution in [0, 0.1) is 10.1 Å². The number of nitro groups is 1. The van der Waals surface area contributed by atoms with Crippen molar-refractivity contribution in [3.8, 4) is 0 Å². The fraction of sp³-hybridized carbons (Fsp3) is 0. The van der Waals surface area contributed by atoms with Gasteiger partial charge in [-0.25, -0.2) is 0 Å². The minimum atomic E-state index is -0.383. The summed E-state index contributed by atoms with van der Waals surface area (Å²) in [7, 11) is 0. The van der Waals surface area contributed by atoms with Gasteiger partial charge in [0.15, 0.2) is 0 Å². The molecule has 6 heteroatoms. The molecule has 0 amide bonds. The van der Waals surface area contributed by atoms with Gasteiger partial charge in [0.05, 0.1) is 10.3 Å². The molecule has 0 aliphatic heterocycles. The lowest BCUT2D eigenvalue weighted by atomic mass is 10.1. The van der Waals surface area contributed by atoms with Crippen LogP contribution in [0.25, 0.3) is 10.8 Å². The summed E-state index contributed by atoms with van der Waals surface area (Å²) in [5.41, 5.74) is 1.76. The number of anilines is 2. The van der Waals surface area contributed by atoms with Gasteiger partial charge in [-0.2, -0.15) is 0 Å². The average Bonchev–Trinajstić information content (AvgIpc) is 2.49. The van der Waals surface area contributed by atoms with Gasteiger partial charge in [-0.05, 0) is 36.4 Å². The second-order valence-electron chi connectivity index (χ2n) is 4.44. The quantitative estimate of drug-likeness (QED) is 0.555. The van der Waals surface area contributed by atoms with Crippen LogP contribution < -0.4 is 5.32 Å². The van der Waals surface area contributed by atoms with E-state index in [2.05, 4.69) is 26.2 Å². The molecule has 3 rings (SSSR count). The smallest absolute Gasteiger partial charge is 0.277 e. The average molecular weight is 344 g/mol. The Morgan fingerprint density at radius 1 is 1.05 bits per heavy atom. The van der Waals surface area contributed by atoms with Crippen molar-refractivity contribution in [3.05, 3.63) is 69.4 Å². The molecule has 0 unspecified atom stereocenters. The zero-order valence-electron chi connectivity index (χ0n) is 10.8. The molecule has 5 nitrogen and oxygen atoms in total. The molecule has 104 valence electrons. The third-order valence-corrected chi connectivity index (χ3v) is 3.64. The molecule has 0 saturated carbocycles. The second kappa shape index (κ2) is 5.49. The van der Waals surface area contributed by atoms with Gasteiger partial charge in [0.1, 0.15) is 0 Å². The SMILES string of the molecule is O=[N+]([O-])c1ccc(Nc2ccc(Br)cc2)c2cnccc12. The van der Waals surface area contributed by atoms with Crippen LogP contribution in [0.1, 0.15) is 0 Å². The zero-order chi connectivity index (χ0) is 14.8. The van der Waals surface area contributed by atoms with Gasteiger partial charge in [0, 0.05) is 39.7 Å². The molecule has 1 aromatic heterocycles. The van der Waals surface area contributed by atoms with E-state index in [0.717, 1.165) is 21.2 Å². The number of fused-ring (bicyclic) bond motifs is 1. The number of rotatable bonds is 3. The molecule has 0 saturated heterocycles. The number of nitrogens with zero attached hydrogens (tertiary/aromatic N) is 2. The highest BCUT2D eigenvalue weighted by atomic mass is 79.9. The highest BCUT2D eigenvalue weighted by Crippen LogP contribution is 2.32. The summed E-state index contributed by atoms with van der Waals surface area (Å²) in [6.07, 6.45) is 3.18. The van der Waals surface area contributed by atoms with Crippen molar-refractivity contribution in [1.82, 2.24) is 4.98 Å². The number of hydrogen-bond donors (Lipinski definition) is 1. The first-order valence-corrected chi connectivity index (χ1v) is 6.98. The van der Waals surface area contributed by atoms with Crippen LogP contribution in [0.2, 0.25) is 0 Å². The van der Waals surface area contributed by atoms with E-state index in [1.54, 1.807) is 24.5 Å². The summed E-state index contributed by atoms with van der Waals surface area (Å²) < 4.78 is 0.989. The van der Waals surface area contributed by atoms with Crippen LogP contribution in [-0.4, -0.2) is 9.91 Å². The molecular formula is C15H10BrN3O2. The molecule has 3 aromatic rings. The van der Waals surface area contributed by atoms with Crippen LogP contribution in [-0.2, 0) is 0 Å². The molecular weight excluding hydrogens is 334 g/mol. The molecule has 2 aromatic carbocycles. The first kappa shape index (κ1) is 13.5. The summed E-state index contributed by atoms with van der Waals surface area (Å²) in [5.74, 6) is 0. The van der Waals surface area contributed by atoms with Gasteiger partial charge in [-0.3, -0.25) is 15.1 Å². The Balaban J connectivity index is 2.09. The first-order chi connectivity index (χ1) is 10.1. The number of benzene rings is 2. The van der Waals surface area contributed by atoms with E-state index in [1.807, 2.05) is 24.3 Å². The van der Waals surface area contributed by atoms with E-state index in [0.29, 0.717) is 5.39 Å². The number of nitrogens with one attached hydrogen (secondary N) is 1. The third-order valence-electron chi connectivity index (χ3n) is 3.11. The van der Waals surface area contributed by atoms with Crippen molar-refractivity contribution in [2.45, 2.75) is 0 Å². The van der Waals surface area contributed by atoms with Gasteiger partial charge >= 0.3 is 0 Å². The molecule has 0 aliphatic rings. The number of non-ortho nitro benzene ring substituents is 1. The van der Waals surface area contributed by atoms with Crippen LogP contribution in [0.15, 0.2) is 59.3 Å². The van der Waals surface area contributed by atoms with Gasteiger partial charge in [0.25, 0.3) is 5.69 Å². The Morgan fingerprint density at radius 3 is 2.52 bits per heavy atom. The van der Waals surface area contributed by atoms with Crippen LogP contribution in [0.5, 0.6) is 0 Å². The topological polar surface area (TPSA) is 68.1 Å². The summed E-state index contributed by atoms with van der Waals surface area (Å²) in [6, 6.07) is 12.6. The maximum Gasteiger partial charge on any atom is 0.277 e. The third kappa shape index (κ3) is 2.71. The van der Waals surface area contributed by atoms with Crippen molar-refractivity contribution in [3.63, 3.8) is 0 Å². The summed E-state index contributed by atoms with van der Waals surface area (Å²) >= 11 is 3.38. The van der Waals surface area contributed by atoms with Crippen LogP contribution in [0.3, 0.4) is 0 Å². The minimum absolute atomic E-state index is 0.0776. The largest absolute Gasteiger partial charge is 0.355 e. The van der Waals surface area contributed by atoms with E-state index >= 15 is 0 Å². The summed E-state index contributed by atoms with van der Waals surface area (Å²) in [5, 5.41) is 15.6. The normalized spacial score (nSPS) is 10.5. The highest BCUT2D eigenvalue weighted by molar-refractivity contribution is 9.10. The molecule has 0 atom stereocenters. The van der Waals surface area contributed by atoms with Crippen molar-refractivity contribution < 1.29 is 4.92 Å². The van der Waals surface area contributed by atoms with Gasteiger partial charge < -0.3 is 5.32 Å². The van der Waals surface area contributed by atoms with E-state index < -0.39 is 0 Å². The Labute approximate surface area is 128 Å². The molecule has 21 heavy (non-hydrogen) atoms. The predicted octanol–water partition coefficient (Wildman–Crippen LogP) is 4.65. The number of nitro benzene ring substituents is 1. The number of pyridine rings is 1. The predicted molar refractivity (Wildman–Crippen MR) is 85.8 cm³/mol. The van der Waals surface area contributed by atoms with Crippen molar-refractivity contribution in [2.75, 3.05) is 5.32 Å². The lowest BCUT2D eigenvalue weighted by Crippen LogP contribution is -1.95. The monoisotopic (exact) mass is 343 g/mol. The second-order valence-corrected chi connectivity index (χ2v) is 5.36. The van der Waals surface area contributed by atoms with Crippen LogP contribution >= 0.6 is 15.9 Å². The molecule has 0 bridgehead atoms. The Hall–Kier alpha value is -2.47. The van der Waals surface area contributed by atoms with E-state index in [4.69, 9.17) is 0 Å². The maximum atomic E-state index is 11.1. The Morgan fingerprint density at radius 2 is 1.81 bits per heavy atom. The van der Waals surface area contributed by atoms with Crippen molar-refractivity contribution in [1.29, 1.82) is 0 Å². The molecule has 0 aliphatic carbocycles. The number of halogens is 1. The van der Waals surface area contributed by atoms with Crippen molar-refractivity contribution in [2.24, 2.45) is 0 Å². The summed E-state index contributed by atoms with van der Waals surface area (Å²) in [6.45, 7) is 0. The minimum Gasteiger partial charge on any atom is -0.355 e. The van der Waals surface area contributed by atoms with Gasteiger partial charge in [-0.15, -0.1) is 0 Å². The maximum absolute atomic E-state index is 11.1. The van der Waals surface area contributed by atoms with Gasteiger partial charge in [-0.1, -0.05) is 15.9 Å². The fourth-order valence-electron chi connectivity index (χ4n) is 2.13. The number of aromatic nitrogens is 1. The van der Waals surface area contributed by atoms with E-state index in [9.17, 15) is 10.1 Å². The Bertz CT molecular complexity index is 819. The van der Waals surface area contributed by atoms with E-state index in [1.165, 1.54) is 6.07 Å².